The van der Waals surface area contributed by atoms with Crippen molar-refractivity contribution in [3.05, 3.63) is 10.5 Å². The quantitative estimate of drug-likeness (QED) is 0.868. The fraction of sp³-hybridized carbons (Fsp3) is 0.667. The molecule has 1 aliphatic rings. The maximum Gasteiger partial charge on any atom is 0.274 e. The Hall–Kier alpha value is -0.320. The topological polar surface area (TPSA) is 34.1 Å². The van der Waals surface area contributed by atoms with Crippen molar-refractivity contribution in [2.75, 3.05) is 19.7 Å². The first-order valence-corrected chi connectivity index (χ1v) is 5.88. The highest BCUT2D eigenvalue weighted by molar-refractivity contribution is 7.11. The molecule has 5 heteroatoms. The zero-order chi connectivity index (χ0) is 10.0. The number of hydrogen-bond acceptors (Lipinski definition) is 4. The molecular weight excluding hydrogens is 220 g/mol. The lowest BCUT2D eigenvalue weighted by molar-refractivity contribution is 0.180. The number of ether oxygens (including phenoxy) is 1. The van der Waals surface area contributed by atoms with Crippen molar-refractivity contribution in [1.29, 1.82) is 0 Å². The molecule has 1 aromatic heterocycles. The fourth-order valence-electron chi connectivity index (χ4n) is 1.53. The van der Waals surface area contributed by atoms with E-state index in [0.29, 0.717) is 17.0 Å². The first-order chi connectivity index (χ1) is 6.68. The number of halogens is 1. The highest BCUT2D eigenvalue weighted by Crippen LogP contribution is 2.27. The van der Waals surface area contributed by atoms with Gasteiger partial charge in [-0.05, 0) is 13.0 Å². The molecule has 14 heavy (non-hydrogen) atoms. The molecule has 1 saturated heterocycles. The summed E-state index contributed by atoms with van der Waals surface area (Å²) in [5.74, 6) is 0. The summed E-state index contributed by atoms with van der Waals surface area (Å²) < 4.78 is 5.60. The third kappa shape index (κ3) is 2.38. The summed E-state index contributed by atoms with van der Waals surface area (Å²) in [6.45, 7) is 5.04. The number of aromatic nitrogens is 1. The van der Waals surface area contributed by atoms with E-state index < -0.39 is 0 Å². The number of hydrogen-bond donors (Lipinski definition) is 1. The summed E-state index contributed by atoms with van der Waals surface area (Å²) in [7, 11) is 0. The number of rotatable bonds is 3. The number of nitrogens with one attached hydrogen (secondary N) is 1. The smallest absolute Gasteiger partial charge is 0.274 e. The van der Waals surface area contributed by atoms with Gasteiger partial charge in [0.1, 0.15) is 5.15 Å². The first-order valence-electron chi connectivity index (χ1n) is 4.63. The van der Waals surface area contributed by atoms with Crippen LogP contribution in [0.25, 0.3) is 0 Å². The molecule has 0 saturated carbocycles. The summed E-state index contributed by atoms with van der Waals surface area (Å²) in [4.78, 5) is 4.04. The summed E-state index contributed by atoms with van der Waals surface area (Å²) in [6.07, 6.45) is 1.16. The summed E-state index contributed by atoms with van der Waals surface area (Å²) in [5.41, 5.74) is 0.248. The summed E-state index contributed by atoms with van der Waals surface area (Å²) >= 11 is 7.14. The Morgan fingerprint density at radius 2 is 2.64 bits per heavy atom. The molecule has 1 fully saturated rings. The van der Waals surface area contributed by atoms with Crippen molar-refractivity contribution >= 4 is 22.9 Å². The van der Waals surface area contributed by atoms with E-state index in [4.69, 9.17) is 16.3 Å². The number of thiazole rings is 1. The van der Waals surface area contributed by atoms with Gasteiger partial charge in [0.25, 0.3) is 5.19 Å². The molecule has 1 N–H and O–H groups in total. The lowest BCUT2D eigenvalue weighted by Gasteiger charge is -2.21. The van der Waals surface area contributed by atoms with Gasteiger partial charge in [0.15, 0.2) is 0 Å². The second kappa shape index (κ2) is 4.04. The standard InChI is InChI=1S/C9H13ClN2OS/c1-9(2-3-11-5-9)6-13-8-12-7(10)4-14-8/h4,11H,2-3,5-6H2,1H3. The molecule has 0 aromatic carbocycles. The van der Waals surface area contributed by atoms with Crippen molar-refractivity contribution in [3.8, 4) is 5.19 Å². The van der Waals surface area contributed by atoms with Crippen LogP contribution < -0.4 is 10.1 Å². The predicted molar refractivity (Wildman–Crippen MR) is 58.2 cm³/mol. The Morgan fingerprint density at radius 3 is 3.21 bits per heavy atom. The maximum absolute atomic E-state index is 5.70. The molecule has 0 aliphatic carbocycles. The number of nitrogens with zero attached hydrogens (tertiary/aromatic N) is 1. The Bertz CT molecular complexity index is 310. The second-order valence-corrected chi connectivity index (χ2v) is 5.17. The Kier molecular flexibility index (Phi) is 2.95. The van der Waals surface area contributed by atoms with Gasteiger partial charge in [-0.3, -0.25) is 0 Å². The lowest BCUT2D eigenvalue weighted by Crippen LogP contribution is -2.27. The van der Waals surface area contributed by atoms with Crippen molar-refractivity contribution in [3.63, 3.8) is 0 Å². The third-order valence-electron chi connectivity index (χ3n) is 2.46. The molecule has 2 heterocycles. The SMILES string of the molecule is CC1(COc2nc(Cl)cs2)CCNC1. The Morgan fingerprint density at radius 1 is 1.79 bits per heavy atom. The van der Waals surface area contributed by atoms with Crippen LogP contribution in [0.1, 0.15) is 13.3 Å². The summed E-state index contributed by atoms with van der Waals surface area (Å²) in [6, 6.07) is 0. The summed E-state index contributed by atoms with van der Waals surface area (Å²) in [5, 5.41) is 6.30. The van der Waals surface area contributed by atoms with Gasteiger partial charge < -0.3 is 10.1 Å². The highest BCUT2D eigenvalue weighted by Gasteiger charge is 2.29. The molecule has 0 radical (unpaired) electrons. The van der Waals surface area contributed by atoms with Crippen LogP contribution in [0.3, 0.4) is 0 Å². The fourth-order valence-corrected chi connectivity index (χ4v) is 2.32. The zero-order valence-electron chi connectivity index (χ0n) is 8.05. The normalized spacial score (nSPS) is 26.7. The molecule has 0 bridgehead atoms. The van der Waals surface area contributed by atoms with Gasteiger partial charge in [0, 0.05) is 17.3 Å². The van der Waals surface area contributed by atoms with Crippen LogP contribution >= 0.6 is 22.9 Å². The maximum atomic E-state index is 5.70. The Balaban J connectivity index is 1.87. The van der Waals surface area contributed by atoms with Gasteiger partial charge in [-0.1, -0.05) is 29.9 Å². The van der Waals surface area contributed by atoms with Crippen LogP contribution in [0.5, 0.6) is 5.19 Å². The minimum absolute atomic E-state index is 0.248. The largest absolute Gasteiger partial charge is 0.469 e. The van der Waals surface area contributed by atoms with E-state index in [2.05, 4.69) is 17.2 Å². The van der Waals surface area contributed by atoms with Gasteiger partial charge in [0.05, 0.1) is 6.61 Å². The molecule has 3 nitrogen and oxygen atoms in total. The molecule has 0 spiro atoms. The minimum Gasteiger partial charge on any atom is -0.469 e. The molecular formula is C9H13ClN2OS. The lowest BCUT2D eigenvalue weighted by atomic mass is 9.91. The molecule has 1 atom stereocenters. The predicted octanol–water partition coefficient (Wildman–Crippen LogP) is 2.17. The van der Waals surface area contributed by atoms with Crippen LogP contribution in [0.4, 0.5) is 0 Å². The van der Waals surface area contributed by atoms with E-state index in [1.54, 1.807) is 5.38 Å². The van der Waals surface area contributed by atoms with E-state index in [-0.39, 0.29) is 5.41 Å². The van der Waals surface area contributed by atoms with Gasteiger partial charge in [-0.25, -0.2) is 0 Å². The van der Waals surface area contributed by atoms with E-state index in [1.165, 1.54) is 11.3 Å². The van der Waals surface area contributed by atoms with Crippen molar-refractivity contribution in [1.82, 2.24) is 10.3 Å². The highest BCUT2D eigenvalue weighted by atomic mass is 35.5. The first kappa shape index (κ1) is 10.2. The van der Waals surface area contributed by atoms with Crippen LogP contribution in [0, 0.1) is 5.41 Å². The van der Waals surface area contributed by atoms with Crippen molar-refractivity contribution in [2.24, 2.45) is 5.41 Å². The molecule has 0 amide bonds. The monoisotopic (exact) mass is 232 g/mol. The molecule has 2 rings (SSSR count). The zero-order valence-corrected chi connectivity index (χ0v) is 9.62. The van der Waals surface area contributed by atoms with Crippen molar-refractivity contribution in [2.45, 2.75) is 13.3 Å². The van der Waals surface area contributed by atoms with E-state index in [0.717, 1.165) is 19.5 Å². The average molecular weight is 233 g/mol. The van der Waals surface area contributed by atoms with E-state index in [1.807, 2.05) is 0 Å². The van der Waals surface area contributed by atoms with Gasteiger partial charge >= 0.3 is 0 Å². The molecule has 1 aromatic rings. The minimum atomic E-state index is 0.248. The van der Waals surface area contributed by atoms with Crippen LogP contribution in [-0.4, -0.2) is 24.7 Å². The van der Waals surface area contributed by atoms with Gasteiger partial charge in [0.2, 0.25) is 0 Å². The van der Waals surface area contributed by atoms with Gasteiger partial charge in [-0.2, -0.15) is 4.98 Å². The van der Waals surface area contributed by atoms with Gasteiger partial charge in [-0.15, -0.1) is 0 Å². The molecule has 78 valence electrons. The van der Waals surface area contributed by atoms with Crippen LogP contribution in [0.15, 0.2) is 5.38 Å². The Labute approximate surface area is 92.4 Å². The van der Waals surface area contributed by atoms with Crippen LogP contribution in [0.2, 0.25) is 5.15 Å². The third-order valence-corrected chi connectivity index (χ3v) is 3.53. The van der Waals surface area contributed by atoms with E-state index >= 15 is 0 Å². The van der Waals surface area contributed by atoms with Crippen LogP contribution in [-0.2, 0) is 0 Å². The van der Waals surface area contributed by atoms with E-state index in [9.17, 15) is 0 Å². The molecule has 1 unspecified atom stereocenters. The second-order valence-electron chi connectivity index (χ2n) is 3.96. The van der Waals surface area contributed by atoms with Crippen molar-refractivity contribution < 1.29 is 4.74 Å². The average Bonchev–Trinajstić information content (AvgIpc) is 2.73. The molecule has 1 aliphatic heterocycles.